The molecule has 0 aromatic carbocycles. The lowest BCUT2D eigenvalue weighted by molar-refractivity contribution is 1.44. The zero-order valence-electron chi connectivity index (χ0n) is 5.22. The van der Waals surface area contributed by atoms with Crippen molar-refractivity contribution in [1.82, 2.24) is 0 Å². The highest BCUT2D eigenvalue weighted by Gasteiger charge is 2.02. The van der Waals surface area contributed by atoms with Gasteiger partial charge in [-0.3, -0.25) is 0 Å². The van der Waals surface area contributed by atoms with Crippen LogP contribution in [0.5, 0.6) is 0 Å². The fourth-order valence-corrected chi connectivity index (χ4v) is 1.39. The van der Waals surface area contributed by atoms with Crippen molar-refractivity contribution in [2.24, 2.45) is 0 Å². The molecule has 1 aliphatic rings. The molecule has 1 nitrogen and oxygen atoms in total. The van der Waals surface area contributed by atoms with Crippen LogP contribution in [-0.4, -0.2) is 5.75 Å². The molecular formula is C7H7NS. The number of nitriles is 1. The summed E-state index contributed by atoms with van der Waals surface area (Å²) in [6.45, 7) is 1.96. The molecule has 0 amide bonds. The van der Waals surface area contributed by atoms with Crippen molar-refractivity contribution < 1.29 is 0 Å². The summed E-state index contributed by atoms with van der Waals surface area (Å²) in [5.41, 5.74) is 1.09. The lowest BCUT2D eigenvalue weighted by atomic mass is 10.2. The molecule has 9 heavy (non-hydrogen) atoms. The number of allylic oxidation sites excluding steroid dienone is 3. The smallest absolute Gasteiger partial charge is 0.106 e. The van der Waals surface area contributed by atoms with E-state index in [1.165, 1.54) is 0 Å². The summed E-state index contributed by atoms with van der Waals surface area (Å²) in [6.07, 6.45) is 4.07. The van der Waals surface area contributed by atoms with Gasteiger partial charge in [0.15, 0.2) is 0 Å². The highest BCUT2D eigenvalue weighted by molar-refractivity contribution is 8.03. The molecule has 0 radical (unpaired) electrons. The number of hydrogen-bond acceptors (Lipinski definition) is 2. The van der Waals surface area contributed by atoms with E-state index in [4.69, 9.17) is 5.26 Å². The molecule has 0 atom stereocenters. The number of thioether (sulfide) groups is 1. The summed E-state index contributed by atoms with van der Waals surface area (Å²) < 4.78 is 0. The van der Waals surface area contributed by atoms with Crippen LogP contribution >= 0.6 is 11.8 Å². The van der Waals surface area contributed by atoms with Gasteiger partial charge in [-0.1, -0.05) is 12.2 Å². The first-order valence-electron chi connectivity index (χ1n) is 2.75. The summed E-state index contributed by atoms with van der Waals surface area (Å²) in [5.74, 6) is 0.945. The molecule has 1 heterocycles. The molecule has 0 aromatic heterocycles. The van der Waals surface area contributed by atoms with E-state index >= 15 is 0 Å². The van der Waals surface area contributed by atoms with Crippen LogP contribution in [0.3, 0.4) is 0 Å². The molecule has 0 unspecified atom stereocenters. The summed E-state index contributed by atoms with van der Waals surface area (Å²) in [7, 11) is 0. The Balaban J connectivity index is 2.88. The molecule has 0 bridgehead atoms. The predicted octanol–water partition coefficient (Wildman–Crippen LogP) is 2.09. The molecule has 0 spiro atoms. The third-order valence-electron chi connectivity index (χ3n) is 1.15. The van der Waals surface area contributed by atoms with Crippen molar-refractivity contribution in [2.45, 2.75) is 6.92 Å². The maximum absolute atomic E-state index is 8.50. The van der Waals surface area contributed by atoms with Crippen LogP contribution in [0.2, 0.25) is 0 Å². The summed E-state index contributed by atoms with van der Waals surface area (Å²) in [4.78, 5) is 0.859. The van der Waals surface area contributed by atoms with E-state index in [9.17, 15) is 0 Å². The van der Waals surface area contributed by atoms with Crippen molar-refractivity contribution in [3.8, 4) is 6.07 Å². The highest BCUT2D eigenvalue weighted by atomic mass is 32.2. The van der Waals surface area contributed by atoms with Crippen LogP contribution in [0.1, 0.15) is 6.92 Å². The highest BCUT2D eigenvalue weighted by Crippen LogP contribution is 2.23. The topological polar surface area (TPSA) is 23.8 Å². The van der Waals surface area contributed by atoms with E-state index in [1.807, 2.05) is 13.0 Å². The van der Waals surface area contributed by atoms with Crippen molar-refractivity contribution in [1.29, 1.82) is 5.26 Å². The predicted molar refractivity (Wildman–Crippen MR) is 39.9 cm³/mol. The number of rotatable bonds is 0. The minimum Gasteiger partial charge on any atom is -0.192 e. The molecule has 1 rings (SSSR count). The standard InChI is InChI=1S/C7H7NS/c1-6-3-2-4-9-7(6)5-8/h2-3H,4H2,1H3. The van der Waals surface area contributed by atoms with Gasteiger partial charge in [-0.15, -0.1) is 11.8 Å². The molecule has 0 fully saturated rings. The Morgan fingerprint density at radius 3 is 3.00 bits per heavy atom. The minimum absolute atomic E-state index is 0.859. The maximum atomic E-state index is 8.50. The third kappa shape index (κ3) is 1.36. The van der Waals surface area contributed by atoms with Gasteiger partial charge < -0.3 is 0 Å². The molecule has 0 aromatic rings. The van der Waals surface area contributed by atoms with Gasteiger partial charge in [0.1, 0.15) is 6.07 Å². The lowest BCUT2D eigenvalue weighted by Gasteiger charge is -2.03. The fourth-order valence-electron chi connectivity index (χ4n) is 0.666. The van der Waals surface area contributed by atoms with Gasteiger partial charge in [-0.2, -0.15) is 5.26 Å². The molecular weight excluding hydrogens is 130 g/mol. The normalized spacial score (nSPS) is 17.8. The zero-order valence-corrected chi connectivity index (χ0v) is 6.03. The van der Waals surface area contributed by atoms with E-state index in [0.717, 1.165) is 16.2 Å². The van der Waals surface area contributed by atoms with Crippen LogP contribution in [0, 0.1) is 11.3 Å². The second-order valence-corrected chi connectivity index (χ2v) is 2.87. The van der Waals surface area contributed by atoms with Gasteiger partial charge in [0.05, 0.1) is 4.91 Å². The summed E-state index contributed by atoms with van der Waals surface area (Å²) in [5, 5.41) is 8.50. The van der Waals surface area contributed by atoms with E-state index < -0.39 is 0 Å². The minimum atomic E-state index is 0.859. The van der Waals surface area contributed by atoms with Gasteiger partial charge in [0.25, 0.3) is 0 Å². The quantitative estimate of drug-likeness (QED) is 0.510. The zero-order chi connectivity index (χ0) is 6.69. The van der Waals surface area contributed by atoms with Crippen molar-refractivity contribution in [2.75, 3.05) is 5.75 Å². The van der Waals surface area contributed by atoms with E-state index in [-0.39, 0.29) is 0 Å². The number of nitrogens with zero attached hydrogens (tertiary/aromatic N) is 1. The van der Waals surface area contributed by atoms with Gasteiger partial charge in [-0.25, -0.2) is 0 Å². The van der Waals surface area contributed by atoms with Crippen LogP contribution < -0.4 is 0 Å². The van der Waals surface area contributed by atoms with Crippen LogP contribution in [0.15, 0.2) is 22.6 Å². The summed E-state index contributed by atoms with van der Waals surface area (Å²) >= 11 is 1.60. The molecule has 0 saturated heterocycles. The Morgan fingerprint density at radius 1 is 1.78 bits per heavy atom. The average Bonchev–Trinajstić information content (AvgIpc) is 1.89. The monoisotopic (exact) mass is 137 g/mol. The Kier molecular flexibility index (Phi) is 1.96. The van der Waals surface area contributed by atoms with Crippen molar-refractivity contribution in [3.05, 3.63) is 22.6 Å². The van der Waals surface area contributed by atoms with Gasteiger partial charge in [0, 0.05) is 5.75 Å². The SMILES string of the molecule is CC1=C(C#N)SCC=C1. The van der Waals surface area contributed by atoms with Crippen molar-refractivity contribution >= 4 is 11.8 Å². The molecule has 2 heteroatoms. The largest absolute Gasteiger partial charge is 0.192 e. The Bertz CT molecular complexity index is 207. The Hall–Kier alpha value is -0.680. The fraction of sp³-hybridized carbons (Fsp3) is 0.286. The summed E-state index contributed by atoms with van der Waals surface area (Å²) in [6, 6.07) is 2.14. The molecule has 0 N–H and O–H groups in total. The van der Waals surface area contributed by atoms with Crippen LogP contribution in [0.25, 0.3) is 0 Å². The second-order valence-electron chi connectivity index (χ2n) is 1.84. The first-order chi connectivity index (χ1) is 4.34. The Morgan fingerprint density at radius 2 is 2.56 bits per heavy atom. The second kappa shape index (κ2) is 2.75. The first-order valence-corrected chi connectivity index (χ1v) is 3.73. The molecule has 0 aliphatic carbocycles. The molecule has 46 valence electrons. The Labute approximate surface area is 59.1 Å². The van der Waals surface area contributed by atoms with E-state index in [2.05, 4.69) is 12.1 Å². The first kappa shape index (κ1) is 6.44. The van der Waals surface area contributed by atoms with Gasteiger partial charge in [-0.05, 0) is 12.5 Å². The van der Waals surface area contributed by atoms with Crippen LogP contribution in [0.4, 0.5) is 0 Å². The van der Waals surface area contributed by atoms with Crippen molar-refractivity contribution in [3.63, 3.8) is 0 Å². The maximum Gasteiger partial charge on any atom is 0.106 e. The van der Waals surface area contributed by atoms with Crippen LogP contribution in [-0.2, 0) is 0 Å². The van der Waals surface area contributed by atoms with E-state index in [0.29, 0.717) is 0 Å². The lowest BCUT2D eigenvalue weighted by Crippen LogP contribution is -1.85. The van der Waals surface area contributed by atoms with Gasteiger partial charge in [0.2, 0.25) is 0 Å². The molecule has 1 aliphatic heterocycles. The third-order valence-corrected chi connectivity index (χ3v) is 2.21. The number of hydrogen-bond donors (Lipinski definition) is 0. The van der Waals surface area contributed by atoms with E-state index in [1.54, 1.807) is 11.8 Å². The molecule has 0 saturated carbocycles. The average molecular weight is 137 g/mol. The van der Waals surface area contributed by atoms with Gasteiger partial charge >= 0.3 is 0 Å².